The van der Waals surface area contributed by atoms with Crippen LogP contribution < -0.4 is 4.74 Å². The molecule has 2 heterocycles. The van der Waals surface area contributed by atoms with E-state index in [1.165, 1.54) is 28.3 Å². The highest BCUT2D eigenvalue weighted by molar-refractivity contribution is 7.12. The molecule has 0 radical (unpaired) electrons. The Bertz CT molecular complexity index is 1240. The van der Waals surface area contributed by atoms with E-state index in [0.717, 1.165) is 40.4 Å². The maximum Gasteiger partial charge on any atom is 0.416 e. The molecule has 10 heteroatoms. The Morgan fingerprint density at radius 2 is 1.83 bits per heavy atom. The summed E-state index contributed by atoms with van der Waals surface area (Å²) in [6.07, 6.45) is -4.02. The van der Waals surface area contributed by atoms with Crippen LogP contribution in [0.1, 0.15) is 38.8 Å². The van der Waals surface area contributed by atoms with Crippen LogP contribution in [0.5, 0.6) is 5.75 Å². The minimum Gasteiger partial charge on any atom is -0.496 e. The minimum atomic E-state index is -4.50. The van der Waals surface area contributed by atoms with E-state index in [-0.39, 0.29) is 12.1 Å². The number of likely N-dealkylation sites (N-methyl/N-ethyl adjacent to an activating group) is 1. The van der Waals surface area contributed by atoms with Crippen LogP contribution in [0.25, 0.3) is 0 Å². The first-order chi connectivity index (χ1) is 16.7. The average molecular weight is 502 g/mol. The molecule has 3 aromatic rings. The molecule has 0 aliphatic carbocycles. The van der Waals surface area contributed by atoms with Crippen LogP contribution in [0.2, 0.25) is 0 Å². The van der Waals surface area contributed by atoms with Crippen molar-refractivity contribution in [1.82, 2.24) is 9.91 Å². The van der Waals surface area contributed by atoms with E-state index in [1.807, 2.05) is 35.7 Å². The zero-order valence-electron chi connectivity index (χ0n) is 19.0. The van der Waals surface area contributed by atoms with Crippen LogP contribution in [-0.4, -0.2) is 48.1 Å². The number of hydrazone groups is 1. The lowest BCUT2D eigenvalue weighted by atomic mass is 10.00. The Morgan fingerprint density at radius 1 is 1.11 bits per heavy atom. The summed E-state index contributed by atoms with van der Waals surface area (Å²) >= 11 is 1.52. The van der Waals surface area contributed by atoms with Crippen molar-refractivity contribution in [2.75, 3.05) is 20.7 Å². The van der Waals surface area contributed by atoms with E-state index in [0.29, 0.717) is 12.2 Å². The van der Waals surface area contributed by atoms with Crippen molar-refractivity contribution < 1.29 is 27.5 Å². The van der Waals surface area contributed by atoms with Gasteiger partial charge in [-0.25, -0.2) is 5.01 Å². The number of alkyl halides is 3. The molecule has 0 saturated heterocycles. The number of ether oxygens (including phenoxy) is 1. The lowest BCUT2D eigenvalue weighted by Crippen LogP contribution is -2.39. The quantitative estimate of drug-likeness (QED) is 0.465. The van der Waals surface area contributed by atoms with Crippen molar-refractivity contribution in [1.29, 1.82) is 0 Å². The molecule has 0 N–H and O–H groups in total. The largest absolute Gasteiger partial charge is 0.496 e. The zero-order chi connectivity index (χ0) is 25.2. The zero-order valence-corrected chi connectivity index (χ0v) is 19.8. The summed E-state index contributed by atoms with van der Waals surface area (Å²) in [6.45, 7) is -0.299. The highest BCUT2D eigenvalue weighted by Crippen LogP contribution is 2.38. The summed E-state index contributed by atoms with van der Waals surface area (Å²) in [5, 5.41) is 7.87. The van der Waals surface area contributed by atoms with Crippen LogP contribution in [-0.2, 0) is 11.0 Å². The Hall–Kier alpha value is -3.66. The van der Waals surface area contributed by atoms with Gasteiger partial charge in [0.05, 0.1) is 29.3 Å². The summed E-state index contributed by atoms with van der Waals surface area (Å²) < 4.78 is 44.0. The molecule has 1 aromatic heterocycles. The number of para-hydroxylation sites is 1. The number of carbonyl (C=O) groups excluding carboxylic acids is 2. The first kappa shape index (κ1) is 24.5. The van der Waals surface area contributed by atoms with Crippen molar-refractivity contribution in [3.05, 3.63) is 87.6 Å². The average Bonchev–Trinajstić information content (AvgIpc) is 3.53. The molecular weight excluding hydrogens is 479 g/mol. The number of hydrogen-bond acceptors (Lipinski definition) is 5. The number of hydrogen-bond donors (Lipinski definition) is 0. The SMILES string of the molecule is COc1ccccc1[C@H]1CC(c2cccs2)=NN1C(=O)CN(C)C(=O)c1ccc(C(F)(F)F)cc1. The number of rotatable bonds is 6. The lowest BCUT2D eigenvalue weighted by molar-refractivity contribution is -0.137. The second-order valence-corrected chi connectivity index (χ2v) is 8.91. The molecule has 2 amide bonds. The summed E-state index contributed by atoms with van der Waals surface area (Å²) in [7, 11) is 2.98. The number of carbonyl (C=O) groups is 2. The van der Waals surface area contributed by atoms with Crippen LogP contribution in [0.4, 0.5) is 13.2 Å². The highest BCUT2D eigenvalue weighted by Gasteiger charge is 2.36. The number of halogens is 3. The first-order valence-corrected chi connectivity index (χ1v) is 11.6. The summed E-state index contributed by atoms with van der Waals surface area (Å²) in [6, 6.07) is 14.7. The van der Waals surface area contributed by atoms with Crippen molar-refractivity contribution in [2.24, 2.45) is 5.10 Å². The number of methoxy groups -OCH3 is 1. The second-order valence-electron chi connectivity index (χ2n) is 7.96. The third-order valence-electron chi connectivity index (χ3n) is 5.65. The molecule has 0 spiro atoms. The van der Waals surface area contributed by atoms with Crippen molar-refractivity contribution in [2.45, 2.75) is 18.6 Å². The fourth-order valence-electron chi connectivity index (χ4n) is 3.89. The predicted molar refractivity (Wildman–Crippen MR) is 126 cm³/mol. The van der Waals surface area contributed by atoms with Gasteiger partial charge in [-0.15, -0.1) is 11.3 Å². The van der Waals surface area contributed by atoms with Gasteiger partial charge in [0.25, 0.3) is 11.8 Å². The fourth-order valence-corrected chi connectivity index (χ4v) is 4.61. The molecule has 0 bridgehead atoms. The third-order valence-corrected chi connectivity index (χ3v) is 6.57. The lowest BCUT2D eigenvalue weighted by Gasteiger charge is -2.26. The van der Waals surface area contributed by atoms with Gasteiger partial charge in [0.15, 0.2) is 0 Å². The van der Waals surface area contributed by atoms with Gasteiger partial charge in [0, 0.05) is 24.6 Å². The third kappa shape index (κ3) is 5.22. The van der Waals surface area contributed by atoms with Gasteiger partial charge in [-0.3, -0.25) is 9.59 Å². The molecule has 182 valence electrons. The van der Waals surface area contributed by atoms with Crippen LogP contribution in [0.15, 0.2) is 71.1 Å². The fraction of sp³-hybridized carbons (Fsp3) is 0.240. The molecule has 0 fully saturated rings. The molecule has 1 atom stereocenters. The molecule has 1 aliphatic rings. The normalized spacial score (nSPS) is 15.6. The molecule has 0 unspecified atom stereocenters. The molecule has 35 heavy (non-hydrogen) atoms. The van der Waals surface area contributed by atoms with Gasteiger partial charge in [0.2, 0.25) is 0 Å². The maximum absolute atomic E-state index is 13.3. The number of amides is 2. The van der Waals surface area contributed by atoms with E-state index < -0.39 is 29.6 Å². The number of benzene rings is 2. The maximum atomic E-state index is 13.3. The summed E-state index contributed by atoms with van der Waals surface area (Å²) in [5.74, 6) is -0.370. The van der Waals surface area contributed by atoms with Gasteiger partial charge >= 0.3 is 6.18 Å². The van der Waals surface area contributed by atoms with Gasteiger partial charge in [-0.05, 0) is 41.8 Å². The number of thiophene rings is 1. The summed E-state index contributed by atoms with van der Waals surface area (Å²) in [4.78, 5) is 28.2. The molecule has 6 nitrogen and oxygen atoms in total. The Morgan fingerprint density at radius 3 is 2.46 bits per heavy atom. The van der Waals surface area contributed by atoms with Crippen molar-refractivity contribution >= 4 is 28.9 Å². The Kier molecular flexibility index (Phi) is 6.93. The van der Waals surface area contributed by atoms with Gasteiger partial charge < -0.3 is 9.64 Å². The smallest absolute Gasteiger partial charge is 0.416 e. The van der Waals surface area contributed by atoms with Crippen LogP contribution in [0.3, 0.4) is 0 Å². The predicted octanol–water partition coefficient (Wildman–Crippen LogP) is 5.23. The molecular formula is C25H22F3N3O3S. The van der Waals surface area contributed by atoms with Gasteiger partial charge in [0.1, 0.15) is 12.3 Å². The number of nitrogens with zero attached hydrogens (tertiary/aromatic N) is 3. The van der Waals surface area contributed by atoms with Gasteiger partial charge in [-0.2, -0.15) is 18.3 Å². The van der Waals surface area contributed by atoms with E-state index in [1.54, 1.807) is 13.2 Å². The van der Waals surface area contributed by atoms with E-state index in [9.17, 15) is 22.8 Å². The van der Waals surface area contributed by atoms with E-state index in [4.69, 9.17) is 4.74 Å². The van der Waals surface area contributed by atoms with Crippen molar-refractivity contribution in [3.8, 4) is 5.75 Å². The summed E-state index contributed by atoms with van der Waals surface area (Å²) in [5.41, 5.74) is 0.745. The Balaban J connectivity index is 1.55. The standard InChI is InChI=1S/C25H22F3N3O3S/c1-30(24(33)16-9-11-17(12-10-16)25(26,27)28)15-23(32)31-20(18-6-3-4-7-21(18)34-2)14-19(29-31)22-8-5-13-35-22/h3-13,20H,14-15H2,1-2H3/t20-/m1/s1. The highest BCUT2D eigenvalue weighted by atomic mass is 32.1. The molecule has 4 rings (SSSR count). The van der Waals surface area contributed by atoms with E-state index >= 15 is 0 Å². The Labute approximate surface area is 204 Å². The topological polar surface area (TPSA) is 62.2 Å². The minimum absolute atomic E-state index is 0.0544. The van der Waals surface area contributed by atoms with Crippen LogP contribution >= 0.6 is 11.3 Å². The molecule has 1 aliphatic heterocycles. The monoisotopic (exact) mass is 501 g/mol. The molecule has 0 saturated carbocycles. The van der Waals surface area contributed by atoms with E-state index in [2.05, 4.69) is 5.10 Å². The second kappa shape index (κ2) is 9.91. The first-order valence-electron chi connectivity index (χ1n) is 10.7. The van der Waals surface area contributed by atoms with Crippen LogP contribution in [0, 0.1) is 0 Å². The van der Waals surface area contributed by atoms with Gasteiger partial charge in [-0.1, -0.05) is 24.3 Å². The van der Waals surface area contributed by atoms with Crippen molar-refractivity contribution in [3.63, 3.8) is 0 Å². The molecule has 2 aromatic carbocycles.